The summed E-state index contributed by atoms with van der Waals surface area (Å²) in [5, 5.41) is 9.34. The van der Waals surface area contributed by atoms with Crippen molar-refractivity contribution in [2.75, 3.05) is 18.4 Å². The number of halogens is 1. The average Bonchev–Trinajstić information content (AvgIpc) is 2.33. The lowest BCUT2D eigenvalue weighted by Gasteiger charge is -2.07. The van der Waals surface area contributed by atoms with E-state index in [2.05, 4.69) is 20.7 Å². The normalized spacial score (nSPS) is 9.39. The molecule has 0 atom stereocenters. The molecular weight excluding hydrogens is 254 g/mol. The molecule has 0 aliphatic rings. The summed E-state index contributed by atoms with van der Waals surface area (Å²) in [7, 11) is 0. The molecule has 0 saturated carbocycles. The van der Waals surface area contributed by atoms with Gasteiger partial charge in [0.15, 0.2) is 0 Å². The molecule has 2 amide bonds. The van der Waals surface area contributed by atoms with Crippen molar-refractivity contribution >= 4 is 23.3 Å². The fraction of sp³-hybridized carbons (Fsp3) is 0.364. The molecule has 18 heavy (non-hydrogen) atoms. The lowest BCUT2D eigenvalue weighted by Crippen LogP contribution is -2.29. The second kappa shape index (κ2) is 8.22. The third-order valence-corrected chi connectivity index (χ3v) is 2.35. The molecule has 0 aromatic heterocycles. The smallest absolute Gasteiger partial charge is 0.319 e. The Morgan fingerprint density at radius 1 is 1.44 bits per heavy atom. The minimum absolute atomic E-state index is 0.277. The van der Waals surface area contributed by atoms with E-state index < -0.39 is 0 Å². The third-order valence-electron chi connectivity index (χ3n) is 2.12. The molecular formula is C11H14ClN5O. The van der Waals surface area contributed by atoms with Gasteiger partial charge in [0, 0.05) is 28.7 Å². The van der Waals surface area contributed by atoms with Gasteiger partial charge in [-0.2, -0.15) is 0 Å². The molecule has 0 bridgehead atoms. The van der Waals surface area contributed by atoms with Gasteiger partial charge in [-0.1, -0.05) is 22.8 Å². The van der Waals surface area contributed by atoms with Crippen LogP contribution in [-0.4, -0.2) is 19.1 Å². The number of amides is 2. The summed E-state index contributed by atoms with van der Waals surface area (Å²) in [5.74, 6) is 0. The van der Waals surface area contributed by atoms with Crippen molar-refractivity contribution < 1.29 is 4.79 Å². The summed E-state index contributed by atoms with van der Waals surface area (Å²) in [6.07, 6.45) is 1.52. The van der Waals surface area contributed by atoms with Crippen molar-refractivity contribution in [2.45, 2.75) is 12.8 Å². The van der Waals surface area contributed by atoms with E-state index >= 15 is 0 Å². The Hall–Kier alpha value is -1.91. The highest BCUT2D eigenvalue weighted by Gasteiger charge is 2.00. The van der Waals surface area contributed by atoms with E-state index in [9.17, 15) is 4.79 Å². The minimum Gasteiger partial charge on any atom is -0.338 e. The zero-order valence-electron chi connectivity index (χ0n) is 9.77. The first-order valence-electron chi connectivity index (χ1n) is 5.53. The first-order chi connectivity index (χ1) is 8.72. The minimum atomic E-state index is -0.277. The van der Waals surface area contributed by atoms with Crippen molar-refractivity contribution in [1.29, 1.82) is 0 Å². The molecule has 0 spiro atoms. The molecule has 0 aliphatic carbocycles. The number of carbonyl (C=O) groups excluding carboxylic acids is 1. The highest BCUT2D eigenvalue weighted by atomic mass is 35.5. The summed E-state index contributed by atoms with van der Waals surface area (Å²) < 4.78 is 0. The average molecular weight is 268 g/mol. The van der Waals surface area contributed by atoms with Crippen molar-refractivity contribution in [1.82, 2.24) is 5.32 Å². The summed E-state index contributed by atoms with van der Waals surface area (Å²) >= 11 is 5.79. The van der Waals surface area contributed by atoms with Crippen LogP contribution in [0.2, 0.25) is 5.02 Å². The van der Waals surface area contributed by atoms with Gasteiger partial charge in [-0.05, 0) is 36.6 Å². The predicted octanol–water partition coefficient (Wildman–Crippen LogP) is 3.55. The molecule has 6 nitrogen and oxygen atoms in total. The maximum absolute atomic E-state index is 11.5. The van der Waals surface area contributed by atoms with Crippen molar-refractivity contribution in [3.8, 4) is 0 Å². The number of rotatable bonds is 6. The van der Waals surface area contributed by atoms with Crippen LogP contribution in [0.5, 0.6) is 0 Å². The van der Waals surface area contributed by atoms with Crippen LogP contribution in [0.4, 0.5) is 10.5 Å². The van der Waals surface area contributed by atoms with Gasteiger partial charge in [-0.3, -0.25) is 0 Å². The highest BCUT2D eigenvalue weighted by Crippen LogP contribution is 2.14. The van der Waals surface area contributed by atoms with Crippen molar-refractivity contribution in [2.24, 2.45) is 5.11 Å². The quantitative estimate of drug-likeness (QED) is 0.351. The number of unbranched alkanes of at least 4 members (excludes halogenated alkanes) is 1. The largest absolute Gasteiger partial charge is 0.338 e. The molecule has 0 fully saturated rings. The van der Waals surface area contributed by atoms with Gasteiger partial charge in [-0.25, -0.2) is 4.79 Å². The van der Waals surface area contributed by atoms with E-state index in [1.54, 1.807) is 24.3 Å². The second-order valence-electron chi connectivity index (χ2n) is 3.55. The Balaban J connectivity index is 2.19. The molecule has 0 heterocycles. The van der Waals surface area contributed by atoms with E-state index in [0.29, 0.717) is 23.8 Å². The molecule has 0 unspecified atom stereocenters. The lowest BCUT2D eigenvalue weighted by molar-refractivity contribution is 0.252. The lowest BCUT2D eigenvalue weighted by atomic mass is 10.3. The zero-order valence-corrected chi connectivity index (χ0v) is 10.5. The Kier molecular flexibility index (Phi) is 6.46. The SMILES string of the molecule is [N-]=[N+]=NCCCCNC(=O)Nc1cccc(Cl)c1. The number of hydrogen-bond acceptors (Lipinski definition) is 2. The number of hydrogen-bond donors (Lipinski definition) is 2. The zero-order chi connectivity index (χ0) is 13.2. The van der Waals surface area contributed by atoms with Gasteiger partial charge in [0.1, 0.15) is 0 Å². The van der Waals surface area contributed by atoms with Crippen molar-refractivity contribution in [3.05, 3.63) is 39.7 Å². The molecule has 96 valence electrons. The summed E-state index contributed by atoms with van der Waals surface area (Å²) in [6, 6.07) is 6.65. The molecule has 2 N–H and O–H groups in total. The van der Waals surface area contributed by atoms with Gasteiger partial charge < -0.3 is 10.6 Å². The van der Waals surface area contributed by atoms with E-state index in [0.717, 1.165) is 12.8 Å². The van der Waals surface area contributed by atoms with Crippen LogP contribution in [0.25, 0.3) is 10.4 Å². The monoisotopic (exact) mass is 267 g/mol. The summed E-state index contributed by atoms with van der Waals surface area (Å²) in [4.78, 5) is 14.1. The molecule has 1 rings (SSSR count). The van der Waals surface area contributed by atoms with Crippen molar-refractivity contribution in [3.63, 3.8) is 0 Å². The van der Waals surface area contributed by atoms with E-state index in [1.165, 1.54) is 0 Å². The van der Waals surface area contributed by atoms with Crippen LogP contribution in [0.3, 0.4) is 0 Å². The van der Waals surface area contributed by atoms with Gasteiger partial charge in [-0.15, -0.1) is 0 Å². The standard InChI is InChI=1S/C11H14ClN5O/c12-9-4-3-5-10(8-9)16-11(18)14-6-1-2-7-15-17-13/h3-5,8H,1-2,6-7H2,(H2,14,16,18). The summed E-state index contributed by atoms with van der Waals surface area (Å²) in [5.41, 5.74) is 8.71. The Bertz CT molecular complexity index is 445. The number of carbonyl (C=O) groups is 1. The number of urea groups is 1. The third kappa shape index (κ3) is 5.98. The van der Waals surface area contributed by atoms with Crippen LogP contribution in [0.1, 0.15) is 12.8 Å². The second-order valence-corrected chi connectivity index (χ2v) is 3.99. The fourth-order valence-electron chi connectivity index (χ4n) is 1.30. The Morgan fingerprint density at radius 2 is 2.28 bits per heavy atom. The van der Waals surface area contributed by atoms with Crippen LogP contribution >= 0.6 is 11.6 Å². The van der Waals surface area contributed by atoms with Gasteiger partial charge in [0.05, 0.1) is 0 Å². The highest BCUT2D eigenvalue weighted by molar-refractivity contribution is 6.30. The number of nitrogens with zero attached hydrogens (tertiary/aromatic N) is 3. The maximum Gasteiger partial charge on any atom is 0.319 e. The van der Waals surface area contributed by atoms with E-state index in [-0.39, 0.29) is 6.03 Å². The molecule has 7 heteroatoms. The van der Waals surface area contributed by atoms with Gasteiger partial charge in [0.25, 0.3) is 0 Å². The van der Waals surface area contributed by atoms with E-state index in [4.69, 9.17) is 17.1 Å². The van der Waals surface area contributed by atoms with Crippen LogP contribution in [0, 0.1) is 0 Å². The molecule has 0 radical (unpaired) electrons. The Labute approximate surface area is 110 Å². The first kappa shape index (κ1) is 14.2. The van der Waals surface area contributed by atoms with E-state index in [1.807, 2.05) is 0 Å². The van der Waals surface area contributed by atoms with Crippen LogP contribution in [0.15, 0.2) is 29.4 Å². The van der Waals surface area contributed by atoms with Gasteiger partial charge in [0.2, 0.25) is 0 Å². The Morgan fingerprint density at radius 3 is 3.00 bits per heavy atom. The predicted molar refractivity (Wildman–Crippen MR) is 71.7 cm³/mol. The number of benzene rings is 1. The number of azide groups is 1. The number of anilines is 1. The maximum atomic E-state index is 11.5. The molecule has 1 aromatic carbocycles. The van der Waals surface area contributed by atoms with Crippen LogP contribution in [-0.2, 0) is 0 Å². The van der Waals surface area contributed by atoms with Gasteiger partial charge >= 0.3 is 6.03 Å². The molecule has 0 saturated heterocycles. The molecule has 0 aliphatic heterocycles. The summed E-state index contributed by atoms with van der Waals surface area (Å²) in [6.45, 7) is 0.988. The fourth-order valence-corrected chi connectivity index (χ4v) is 1.49. The number of nitrogens with one attached hydrogen (secondary N) is 2. The van der Waals surface area contributed by atoms with Crippen LogP contribution < -0.4 is 10.6 Å². The topological polar surface area (TPSA) is 89.9 Å². The first-order valence-corrected chi connectivity index (χ1v) is 5.91. The molecule has 1 aromatic rings.